The normalized spacial score (nSPS) is 16.2. The first kappa shape index (κ1) is 38.1. The fourth-order valence-electron chi connectivity index (χ4n) is 6.57. The van der Waals surface area contributed by atoms with Gasteiger partial charge in [0, 0.05) is 11.3 Å². The van der Waals surface area contributed by atoms with Crippen molar-refractivity contribution in [2.45, 2.75) is 53.4 Å². The van der Waals surface area contributed by atoms with Crippen LogP contribution in [0.25, 0.3) is 0 Å². The Kier molecular flexibility index (Phi) is 16.2. The van der Waals surface area contributed by atoms with Crippen molar-refractivity contribution < 1.29 is 17.1 Å². The van der Waals surface area contributed by atoms with Gasteiger partial charge in [0.15, 0.2) is 0 Å². The van der Waals surface area contributed by atoms with Crippen molar-refractivity contribution in [1.82, 2.24) is 0 Å². The van der Waals surface area contributed by atoms with E-state index in [1.165, 1.54) is 58.2 Å². The van der Waals surface area contributed by atoms with E-state index in [4.69, 9.17) is 0 Å². The molecule has 0 heterocycles. The first-order valence-corrected chi connectivity index (χ1v) is 19.7. The molecule has 0 bridgehead atoms. The molecular weight excluding hydrogens is 646 g/mol. The maximum Gasteiger partial charge on any atom is 2.00 e. The Morgan fingerprint density at radius 2 is 0.638 bits per heavy atom. The van der Waals surface area contributed by atoms with Crippen molar-refractivity contribution >= 4 is 37.1 Å². The Morgan fingerprint density at radius 3 is 0.872 bits per heavy atom. The molecule has 2 aliphatic carbocycles. The Morgan fingerprint density at radius 1 is 0.383 bits per heavy atom. The maximum absolute atomic E-state index is 2.35. The van der Waals surface area contributed by atoms with Gasteiger partial charge < -0.3 is 0 Å². The third-order valence-corrected chi connectivity index (χ3v) is 14.1. The van der Waals surface area contributed by atoms with Crippen molar-refractivity contribution in [1.29, 1.82) is 0 Å². The van der Waals surface area contributed by atoms with E-state index in [0.29, 0.717) is 11.8 Å². The molecule has 0 spiro atoms. The molecule has 0 saturated heterocycles. The Bertz CT molecular complexity index is 1180. The standard InChI is InChI=1S/2C22H24P.Fe/c2*1-3-18(4-2)21-16-11-17-22(21)23(19-12-7-5-8-13-19)20-14-9-6-10-15-20;/h2*5-18H,3-4H2,1-2H3;/q;;+2. The van der Waals surface area contributed by atoms with Gasteiger partial charge >= 0.3 is 17.1 Å². The molecule has 4 aromatic rings. The second-order valence-corrected chi connectivity index (χ2v) is 16.1. The topological polar surface area (TPSA) is 0 Å². The fourth-order valence-corrected chi connectivity index (χ4v) is 11.7. The minimum Gasteiger partial charge on any atom is -0.0651 e. The van der Waals surface area contributed by atoms with Crippen LogP contribution in [0.2, 0.25) is 0 Å². The van der Waals surface area contributed by atoms with E-state index in [9.17, 15) is 0 Å². The largest absolute Gasteiger partial charge is 2.00 e. The van der Waals surface area contributed by atoms with Gasteiger partial charge in [0.05, 0.1) is 0 Å². The number of hydrogen-bond donors (Lipinski definition) is 0. The van der Waals surface area contributed by atoms with Crippen LogP contribution in [-0.4, -0.2) is 0 Å². The monoisotopic (exact) mass is 694 g/mol. The molecule has 3 heteroatoms. The van der Waals surface area contributed by atoms with Gasteiger partial charge in [-0.15, -0.1) is 0 Å². The van der Waals surface area contributed by atoms with Gasteiger partial charge in [0.1, 0.15) is 0 Å². The molecule has 0 nitrogen and oxygen atoms in total. The molecule has 47 heavy (non-hydrogen) atoms. The number of hydrogen-bond acceptors (Lipinski definition) is 0. The van der Waals surface area contributed by atoms with Crippen LogP contribution in [0.15, 0.2) is 121 Å². The third-order valence-electron chi connectivity index (χ3n) is 9.04. The zero-order chi connectivity index (χ0) is 32.1. The summed E-state index contributed by atoms with van der Waals surface area (Å²) >= 11 is 0. The van der Waals surface area contributed by atoms with Crippen LogP contribution in [0.4, 0.5) is 0 Å². The van der Waals surface area contributed by atoms with E-state index >= 15 is 0 Å². The van der Waals surface area contributed by atoms with E-state index in [0.717, 1.165) is 0 Å². The van der Waals surface area contributed by atoms with Crippen LogP contribution in [0, 0.1) is 73.5 Å². The summed E-state index contributed by atoms with van der Waals surface area (Å²) in [5.74, 6) is 4.43. The van der Waals surface area contributed by atoms with Crippen LogP contribution in [0.5, 0.6) is 0 Å². The van der Waals surface area contributed by atoms with Crippen molar-refractivity contribution in [3.63, 3.8) is 0 Å². The first-order chi connectivity index (χ1) is 22.7. The average Bonchev–Trinajstić information content (AvgIpc) is 3.79. The first-order valence-electron chi connectivity index (χ1n) is 17.0. The van der Waals surface area contributed by atoms with Crippen molar-refractivity contribution in [3.8, 4) is 0 Å². The van der Waals surface area contributed by atoms with Gasteiger partial charge in [0.2, 0.25) is 0 Å². The van der Waals surface area contributed by atoms with Gasteiger partial charge in [0.25, 0.3) is 0 Å². The Labute approximate surface area is 300 Å². The summed E-state index contributed by atoms with van der Waals surface area (Å²) in [6.45, 7) is 9.22. The quantitative estimate of drug-likeness (QED) is 0.102. The number of rotatable bonds is 12. The van der Waals surface area contributed by atoms with Crippen LogP contribution >= 0.6 is 15.8 Å². The summed E-state index contributed by atoms with van der Waals surface area (Å²) in [4.78, 5) is 0. The molecule has 0 aliphatic heterocycles. The fraction of sp³-hybridized carbons (Fsp3) is 0.227. The van der Waals surface area contributed by atoms with E-state index in [1.54, 1.807) is 11.8 Å². The molecule has 4 aromatic carbocycles. The molecule has 2 aliphatic rings. The smallest absolute Gasteiger partial charge is 0.0651 e. The van der Waals surface area contributed by atoms with Crippen molar-refractivity contribution in [2.75, 3.05) is 0 Å². The molecule has 0 N–H and O–H groups in total. The summed E-state index contributed by atoms with van der Waals surface area (Å²) in [6, 6.07) is 43.9. The molecule has 10 radical (unpaired) electrons. The molecule has 0 unspecified atom stereocenters. The Hall–Kier alpha value is -1.74. The molecule has 0 atom stereocenters. The average molecular weight is 695 g/mol. The summed E-state index contributed by atoms with van der Waals surface area (Å²) in [6.07, 6.45) is 18.7. The van der Waals surface area contributed by atoms with Gasteiger partial charge in [-0.2, -0.15) is 0 Å². The van der Waals surface area contributed by atoms with E-state index in [-0.39, 0.29) is 17.1 Å². The van der Waals surface area contributed by atoms with Crippen LogP contribution in [-0.2, 0) is 17.1 Å². The summed E-state index contributed by atoms with van der Waals surface area (Å²) in [5.41, 5.74) is 3.07. The molecule has 0 aromatic heterocycles. The zero-order valence-corrected chi connectivity index (χ0v) is 31.1. The summed E-state index contributed by atoms with van der Waals surface area (Å²) in [7, 11) is -0.947. The van der Waals surface area contributed by atoms with Gasteiger partial charge in [-0.1, -0.05) is 175 Å². The SMILES string of the molecule is CCC(CC)[C]1[CH][CH][CH][C]1P(c1ccccc1)c1ccccc1.CCC(CC)[C]1[CH][CH][CH][C]1P(c1ccccc1)c1ccccc1.[Fe+2]. The van der Waals surface area contributed by atoms with Crippen LogP contribution < -0.4 is 21.2 Å². The predicted octanol–water partition coefficient (Wildman–Crippen LogP) is 10.6. The third kappa shape index (κ3) is 9.70. The predicted molar refractivity (Wildman–Crippen MR) is 205 cm³/mol. The second-order valence-electron chi connectivity index (χ2n) is 11.8. The van der Waals surface area contributed by atoms with Crippen molar-refractivity contribution in [2.24, 2.45) is 11.8 Å². The molecule has 0 amide bonds. The molecule has 2 fully saturated rings. The molecule has 6 rings (SSSR count). The number of benzene rings is 4. The maximum atomic E-state index is 2.35. The van der Waals surface area contributed by atoms with Crippen LogP contribution in [0.3, 0.4) is 0 Å². The van der Waals surface area contributed by atoms with Crippen molar-refractivity contribution in [3.05, 3.63) is 183 Å². The second kappa shape index (κ2) is 20.1. The zero-order valence-electron chi connectivity index (χ0n) is 28.2. The molecule has 240 valence electrons. The molecule has 2 saturated carbocycles. The summed E-state index contributed by atoms with van der Waals surface area (Å²) < 4.78 is 0. The summed E-state index contributed by atoms with van der Waals surface area (Å²) in [5, 5.41) is 5.75. The Balaban J connectivity index is 0.000000208. The molecular formula is C44H48FeP2+2. The minimum absolute atomic E-state index is 0. The van der Waals surface area contributed by atoms with E-state index in [1.807, 2.05) is 0 Å². The van der Waals surface area contributed by atoms with E-state index < -0.39 is 15.8 Å². The van der Waals surface area contributed by atoms with Gasteiger partial charge in [-0.25, -0.2) is 0 Å². The van der Waals surface area contributed by atoms with Crippen LogP contribution in [0.1, 0.15) is 53.4 Å². The van der Waals surface area contributed by atoms with E-state index in [2.05, 4.69) is 188 Å². The van der Waals surface area contributed by atoms with Gasteiger partial charge in [-0.05, 0) is 99.3 Å². The van der Waals surface area contributed by atoms with Gasteiger partial charge in [-0.3, -0.25) is 0 Å². The minimum atomic E-state index is -0.474.